The Morgan fingerprint density at radius 3 is 2.36 bits per heavy atom. The van der Waals surface area contributed by atoms with Gasteiger partial charge in [-0.25, -0.2) is 0 Å². The molecular weight excluding hydrogens is 182 g/mol. The largest absolute Gasteiger partial charge is 0.379 e. The van der Waals surface area contributed by atoms with Crippen LogP contribution < -0.4 is 0 Å². The molecule has 0 atom stereocenters. The zero-order valence-electron chi connectivity index (χ0n) is 8.78. The zero-order valence-corrected chi connectivity index (χ0v) is 8.78. The van der Waals surface area contributed by atoms with Gasteiger partial charge in [0, 0.05) is 19.0 Å². The summed E-state index contributed by atoms with van der Waals surface area (Å²) in [5.74, 6) is -0.734. The second-order valence-electron chi connectivity index (χ2n) is 3.83. The Hall–Kier alpha value is -0.740. The molecule has 0 saturated carbocycles. The predicted molar refractivity (Wildman–Crippen MR) is 52.1 cm³/mol. The number of morpholine rings is 1. The van der Waals surface area contributed by atoms with Crippen molar-refractivity contribution in [2.24, 2.45) is 5.92 Å². The molecule has 0 N–H and O–H groups in total. The van der Waals surface area contributed by atoms with E-state index in [9.17, 15) is 9.59 Å². The van der Waals surface area contributed by atoms with Crippen LogP contribution in [0.3, 0.4) is 0 Å². The Kier molecular flexibility index (Phi) is 4.22. The van der Waals surface area contributed by atoms with Crippen molar-refractivity contribution in [1.29, 1.82) is 0 Å². The zero-order chi connectivity index (χ0) is 10.6. The number of carbonyl (C=O) groups excluding carboxylic acids is 2. The molecule has 1 rings (SSSR count). The van der Waals surface area contributed by atoms with Gasteiger partial charge in [0.2, 0.25) is 11.6 Å². The van der Waals surface area contributed by atoms with Crippen molar-refractivity contribution < 1.29 is 14.3 Å². The van der Waals surface area contributed by atoms with Gasteiger partial charge in [0.25, 0.3) is 0 Å². The van der Waals surface area contributed by atoms with Crippen LogP contribution in [0.2, 0.25) is 0 Å². The van der Waals surface area contributed by atoms with Crippen LogP contribution in [-0.4, -0.2) is 49.3 Å². The molecule has 4 nitrogen and oxygen atoms in total. The summed E-state index contributed by atoms with van der Waals surface area (Å²) < 4.78 is 5.15. The summed E-state index contributed by atoms with van der Waals surface area (Å²) in [5, 5.41) is 0. The van der Waals surface area contributed by atoms with Crippen molar-refractivity contribution in [3.8, 4) is 0 Å². The average Bonchev–Trinajstić information content (AvgIpc) is 2.18. The van der Waals surface area contributed by atoms with Crippen molar-refractivity contribution >= 4 is 11.6 Å². The second-order valence-corrected chi connectivity index (χ2v) is 3.83. The number of nitrogens with zero attached hydrogens (tertiary/aromatic N) is 1. The number of carbonyl (C=O) groups is 2. The van der Waals surface area contributed by atoms with E-state index in [0.717, 1.165) is 13.1 Å². The first-order valence-electron chi connectivity index (χ1n) is 4.98. The van der Waals surface area contributed by atoms with Gasteiger partial charge in [0.05, 0.1) is 19.8 Å². The summed E-state index contributed by atoms with van der Waals surface area (Å²) >= 11 is 0. The lowest BCUT2D eigenvalue weighted by molar-refractivity contribution is -0.139. The highest BCUT2D eigenvalue weighted by atomic mass is 16.5. The highest BCUT2D eigenvalue weighted by molar-refractivity contribution is 6.38. The first-order valence-corrected chi connectivity index (χ1v) is 4.98. The molecule has 4 heteroatoms. The molecule has 0 radical (unpaired) electrons. The minimum atomic E-state index is -0.276. The van der Waals surface area contributed by atoms with Crippen LogP contribution in [0.25, 0.3) is 0 Å². The van der Waals surface area contributed by atoms with Crippen molar-refractivity contribution in [2.45, 2.75) is 13.8 Å². The Bertz CT molecular complexity index is 219. The molecule has 0 aromatic carbocycles. The molecule has 0 spiro atoms. The normalized spacial score (nSPS) is 18.5. The number of rotatable bonds is 4. The van der Waals surface area contributed by atoms with E-state index < -0.39 is 0 Å². The number of ether oxygens (including phenoxy) is 1. The average molecular weight is 199 g/mol. The fourth-order valence-electron chi connectivity index (χ4n) is 1.36. The minimum Gasteiger partial charge on any atom is -0.379 e. The molecule has 0 aromatic rings. The highest BCUT2D eigenvalue weighted by Crippen LogP contribution is 2.00. The van der Waals surface area contributed by atoms with Crippen LogP contribution in [-0.2, 0) is 14.3 Å². The van der Waals surface area contributed by atoms with E-state index in [4.69, 9.17) is 4.74 Å². The van der Waals surface area contributed by atoms with Gasteiger partial charge in [-0.1, -0.05) is 13.8 Å². The Morgan fingerprint density at radius 1 is 1.29 bits per heavy atom. The molecule has 0 unspecified atom stereocenters. The maximum absolute atomic E-state index is 11.4. The summed E-state index contributed by atoms with van der Waals surface area (Å²) in [6.07, 6.45) is 0. The van der Waals surface area contributed by atoms with E-state index in [1.165, 1.54) is 0 Å². The maximum atomic E-state index is 11.4. The standard InChI is InChI=1S/C10H17NO3/c1-8(2)10(13)9(12)7-11-3-5-14-6-4-11/h8H,3-7H2,1-2H3. The lowest BCUT2D eigenvalue weighted by atomic mass is 10.1. The van der Waals surface area contributed by atoms with E-state index in [1.54, 1.807) is 13.8 Å². The van der Waals surface area contributed by atoms with Crippen molar-refractivity contribution in [1.82, 2.24) is 4.90 Å². The van der Waals surface area contributed by atoms with Gasteiger partial charge >= 0.3 is 0 Å². The van der Waals surface area contributed by atoms with Crippen LogP contribution in [0.15, 0.2) is 0 Å². The molecule has 14 heavy (non-hydrogen) atoms. The van der Waals surface area contributed by atoms with Crippen LogP contribution in [0, 0.1) is 5.92 Å². The molecule has 1 heterocycles. The highest BCUT2D eigenvalue weighted by Gasteiger charge is 2.21. The Balaban J connectivity index is 2.35. The third-order valence-electron chi connectivity index (χ3n) is 2.27. The summed E-state index contributed by atoms with van der Waals surface area (Å²) in [5.41, 5.74) is 0. The monoisotopic (exact) mass is 199 g/mol. The molecule has 0 aliphatic carbocycles. The molecule has 1 fully saturated rings. The summed E-state index contributed by atoms with van der Waals surface area (Å²) in [7, 11) is 0. The van der Waals surface area contributed by atoms with Gasteiger partial charge in [-0.2, -0.15) is 0 Å². The van der Waals surface area contributed by atoms with E-state index in [2.05, 4.69) is 0 Å². The van der Waals surface area contributed by atoms with Crippen LogP contribution in [0.5, 0.6) is 0 Å². The molecule has 80 valence electrons. The quantitative estimate of drug-likeness (QED) is 0.603. The molecule has 0 aromatic heterocycles. The smallest absolute Gasteiger partial charge is 0.212 e. The minimum absolute atomic E-state index is 0.191. The number of hydrogen-bond donors (Lipinski definition) is 0. The number of ketones is 2. The fraction of sp³-hybridized carbons (Fsp3) is 0.800. The first kappa shape index (κ1) is 11.3. The summed E-state index contributed by atoms with van der Waals surface area (Å²) in [4.78, 5) is 24.7. The van der Waals surface area contributed by atoms with E-state index in [0.29, 0.717) is 13.2 Å². The maximum Gasteiger partial charge on any atom is 0.212 e. The Morgan fingerprint density at radius 2 is 1.86 bits per heavy atom. The second kappa shape index (κ2) is 5.22. The van der Waals surface area contributed by atoms with E-state index >= 15 is 0 Å². The lowest BCUT2D eigenvalue weighted by Gasteiger charge is -2.25. The Labute approximate surface area is 84.2 Å². The molecular formula is C10H17NO3. The van der Waals surface area contributed by atoms with Crippen molar-refractivity contribution in [3.05, 3.63) is 0 Å². The van der Waals surface area contributed by atoms with E-state index in [-0.39, 0.29) is 24.0 Å². The molecule has 0 amide bonds. The number of Topliss-reactive ketones (excluding diaryl/α,β-unsaturated/α-hetero) is 2. The van der Waals surface area contributed by atoms with E-state index in [1.807, 2.05) is 4.90 Å². The number of hydrogen-bond acceptors (Lipinski definition) is 4. The molecule has 1 aliphatic rings. The first-order chi connectivity index (χ1) is 6.61. The van der Waals surface area contributed by atoms with Gasteiger partial charge in [-0.15, -0.1) is 0 Å². The van der Waals surface area contributed by atoms with Gasteiger partial charge < -0.3 is 4.74 Å². The van der Waals surface area contributed by atoms with Gasteiger partial charge in [0.1, 0.15) is 0 Å². The van der Waals surface area contributed by atoms with Crippen LogP contribution >= 0.6 is 0 Å². The topological polar surface area (TPSA) is 46.6 Å². The SMILES string of the molecule is CC(C)C(=O)C(=O)CN1CCOCC1. The van der Waals surface area contributed by atoms with Crippen LogP contribution in [0.4, 0.5) is 0 Å². The fourth-order valence-corrected chi connectivity index (χ4v) is 1.36. The van der Waals surface area contributed by atoms with Gasteiger partial charge in [-0.3, -0.25) is 14.5 Å². The summed E-state index contributed by atoms with van der Waals surface area (Å²) in [6.45, 7) is 6.56. The van der Waals surface area contributed by atoms with Gasteiger partial charge in [0.15, 0.2) is 0 Å². The van der Waals surface area contributed by atoms with Crippen LogP contribution in [0.1, 0.15) is 13.8 Å². The van der Waals surface area contributed by atoms with Crippen molar-refractivity contribution in [2.75, 3.05) is 32.8 Å². The van der Waals surface area contributed by atoms with Gasteiger partial charge in [-0.05, 0) is 0 Å². The predicted octanol–water partition coefficient (Wildman–Crippen LogP) is 0.113. The summed E-state index contributed by atoms with van der Waals surface area (Å²) in [6, 6.07) is 0. The lowest BCUT2D eigenvalue weighted by Crippen LogP contribution is -2.41. The molecule has 1 aliphatic heterocycles. The third-order valence-corrected chi connectivity index (χ3v) is 2.27. The molecule has 0 bridgehead atoms. The molecule has 1 saturated heterocycles. The third kappa shape index (κ3) is 3.20. The van der Waals surface area contributed by atoms with Crippen molar-refractivity contribution in [3.63, 3.8) is 0 Å².